The largest absolute Gasteiger partial charge is 0.265 e. The van der Waals surface area contributed by atoms with Crippen molar-refractivity contribution in [2.45, 2.75) is 19.8 Å². The second-order valence-electron chi connectivity index (χ2n) is 2.73. The SMILES string of the molecule is Cc1c(C(F)F)cnc(CC#N)c1Cl. The van der Waals surface area contributed by atoms with E-state index in [4.69, 9.17) is 16.9 Å². The van der Waals surface area contributed by atoms with Gasteiger partial charge in [0.2, 0.25) is 0 Å². The van der Waals surface area contributed by atoms with E-state index in [1.165, 1.54) is 6.92 Å². The van der Waals surface area contributed by atoms with Gasteiger partial charge in [0.05, 0.1) is 23.2 Å². The lowest BCUT2D eigenvalue weighted by Crippen LogP contribution is -1.98. The molecular weight excluding hydrogens is 210 g/mol. The van der Waals surface area contributed by atoms with Crippen molar-refractivity contribution in [3.8, 4) is 6.07 Å². The third-order valence-corrected chi connectivity index (χ3v) is 2.36. The Labute approximate surface area is 85.1 Å². The van der Waals surface area contributed by atoms with Crippen LogP contribution in [0, 0.1) is 18.3 Å². The Bertz CT molecular complexity index is 385. The number of rotatable bonds is 2. The zero-order chi connectivity index (χ0) is 10.7. The van der Waals surface area contributed by atoms with Gasteiger partial charge in [-0.2, -0.15) is 5.26 Å². The predicted molar refractivity (Wildman–Crippen MR) is 48.3 cm³/mol. The van der Waals surface area contributed by atoms with Crippen molar-refractivity contribution in [3.05, 3.63) is 28.0 Å². The molecule has 0 spiro atoms. The van der Waals surface area contributed by atoms with Crippen molar-refractivity contribution in [3.63, 3.8) is 0 Å². The van der Waals surface area contributed by atoms with Gasteiger partial charge in [-0.05, 0) is 12.5 Å². The molecule has 0 bridgehead atoms. The Morgan fingerprint density at radius 2 is 2.29 bits per heavy atom. The molecule has 0 radical (unpaired) electrons. The summed E-state index contributed by atoms with van der Waals surface area (Å²) in [6.07, 6.45) is -1.49. The average Bonchev–Trinajstić information content (AvgIpc) is 2.13. The Balaban J connectivity index is 3.20. The number of halogens is 3. The fraction of sp³-hybridized carbons (Fsp3) is 0.333. The van der Waals surface area contributed by atoms with Crippen molar-refractivity contribution in [2.24, 2.45) is 0 Å². The minimum atomic E-state index is -2.59. The number of alkyl halides is 2. The standard InChI is InChI=1S/C9H7ClF2N2/c1-5-6(9(11)12)4-14-7(2-3-13)8(5)10/h4,9H,2H2,1H3. The summed E-state index contributed by atoms with van der Waals surface area (Å²) < 4.78 is 24.7. The molecule has 0 aliphatic carbocycles. The minimum absolute atomic E-state index is 0.0309. The smallest absolute Gasteiger partial charge is 0.258 e. The van der Waals surface area contributed by atoms with Gasteiger partial charge in [-0.25, -0.2) is 8.78 Å². The molecule has 1 heterocycles. The van der Waals surface area contributed by atoms with E-state index in [-0.39, 0.29) is 17.0 Å². The van der Waals surface area contributed by atoms with Crippen LogP contribution in [0.4, 0.5) is 8.78 Å². The van der Waals surface area contributed by atoms with Gasteiger partial charge in [-0.3, -0.25) is 4.98 Å². The van der Waals surface area contributed by atoms with Crippen LogP contribution in [0.5, 0.6) is 0 Å². The summed E-state index contributed by atoms with van der Waals surface area (Å²) in [5.74, 6) is 0. The summed E-state index contributed by atoms with van der Waals surface area (Å²) >= 11 is 5.77. The third-order valence-electron chi connectivity index (χ3n) is 1.86. The lowest BCUT2D eigenvalue weighted by Gasteiger charge is -2.08. The lowest BCUT2D eigenvalue weighted by molar-refractivity contribution is 0.150. The number of hydrogen-bond acceptors (Lipinski definition) is 2. The zero-order valence-electron chi connectivity index (χ0n) is 7.39. The molecule has 0 atom stereocenters. The first-order valence-corrected chi connectivity index (χ1v) is 4.24. The highest BCUT2D eigenvalue weighted by Crippen LogP contribution is 2.28. The Kier molecular flexibility index (Phi) is 3.37. The van der Waals surface area contributed by atoms with E-state index in [1.54, 1.807) is 0 Å². The fourth-order valence-corrected chi connectivity index (χ4v) is 1.29. The Morgan fingerprint density at radius 1 is 1.64 bits per heavy atom. The molecule has 0 aliphatic rings. The van der Waals surface area contributed by atoms with Crippen LogP contribution in [-0.4, -0.2) is 4.98 Å². The predicted octanol–water partition coefficient (Wildman–Crippen LogP) is 3.05. The second kappa shape index (κ2) is 4.34. The van der Waals surface area contributed by atoms with E-state index in [0.29, 0.717) is 11.3 Å². The van der Waals surface area contributed by atoms with Gasteiger partial charge < -0.3 is 0 Å². The highest BCUT2D eigenvalue weighted by atomic mass is 35.5. The zero-order valence-corrected chi connectivity index (χ0v) is 8.15. The maximum Gasteiger partial charge on any atom is 0.265 e. The molecule has 5 heteroatoms. The molecule has 0 aromatic carbocycles. The maximum atomic E-state index is 12.4. The van der Waals surface area contributed by atoms with Gasteiger partial charge in [-0.1, -0.05) is 11.6 Å². The number of hydrogen-bond donors (Lipinski definition) is 0. The quantitative estimate of drug-likeness (QED) is 0.762. The summed E-state index contributed by atoms with van der Waals surface area (Å²) in [5.41, 5.74) is 0.453. The van der Waals surface area contributed by atoms with Crippen molar-refractivity contribution in [2.75, 3.05) is 0 Å². The van der Waals surface area contributed by atoms with E-state index < -0.39 is 6.43 Å². The molecule has 0 aliphatic heterocycles. The van der Waals surface area contributed by atoms with Gasteiger partial charge in [-0.15, -0.1) is 0 Å². The third kappa shape index (κ3) is 1.99. The lowest BCUT2D eigenvalue weighted by atomic mass is 10.1. The van der Waals surface area contributed by atoms with Gasteiger partial charge >= 0.3 is 0 Å². The van der Waals surface area contributed by atoms with Crippen LogP contribution in [0.25, 0.3) is 0 Å². The maximum absolute atomic E-state index is 12.4. The number of pyridine rings is 1. The Morgan fingerprint density at radius 3 is 2.79 bits per heavy atom. The highest BCUT2D eigenvalue weighted by Gasteiger charge is 2.15. The van der Waals surface area contributed by atoms with Gasteiger partial charge in [0.1, 0.15) is 0 Å². The van der Waals surface area contributed by atoms with Crippen molar-refractivity contribution >= 4 is 11.6 Å². The van der Waals surface area contributed by atoms with Gasteiger partial charge in [0, 0.05) is 11.8 Å². The van der Waals surface area contributed by atoms with Crippen LogP contribution in [0.2, 0.25) is 5.02 Å². The van der Waals surface area contributed by atoms with E-state index in [2.05, 4.69) is 4.98 Å². The van der Waals surface area contributed by atoms with Gasteiger partial charge in [0.15, 0.2) is 0 Å². The van der Waals surface area contributed by atoms with Crippen LogP contribution in [0.15, 0.2) is 6.20 Å². The fourth-order valence-electron chi connectivity index (χ4n) is 1.06. The first-order valence-electron chi connectivity index (χ1n) is 3.87. The molecule has 0 amide bonds. The second-order valence-corrected chi connectivity index (χ2v) is 3.11. The van der Waals surface area contributed by atoms with Crippen LogP contribution in [0.3, 0.4) is 0 Å². The van der Waals surface area contributed by atoms with E-state index >= 15 is 0 Å². The van der Waals surface area contributed by atoms with Crippen LogP contribution >= 0.6 is 11.6 Å². The number of nitrogens with zero attached hydrogens (tertiary/aromatic N) is 2. The van der Waals surface area contributed by atoms with E-state index in [0.717, 1.165) is 6.20 Å². The van der Waals surface area contributed by atoms with E-state index in [9.17, 15) is 8.78 Å². The first-order chi connectivity index (χ1) is 6.57. The minimum Gasteiger partial charge on any atom is -0.258 e. The molecule has 0 saturated carbocycles. The van der Waals surface area contributed by atoms with E-state index in [1.807, 2.05) is 6.07 Å². The first kappa shape index (κ1) is 10.9. The molecule has 2 nitrogen and oxygen atoms in total. The van der Waals surface area contributed by atoms with Crippen molar-refractivity contribution < 1.29 is 8.78 Å². The molecule has 14 heavy (non-hydrogen) atoms. The number of nitriles is 1. The molecule has 0 N–H and O–H groups in total. The van der Waals surface area contributed by atoms with Crippen LogP contribution in [-0.2, 0) is 6.42 Å². The van der Waals surface area contributed by atoms with Crippen LogP contribution in [0.1, 0.15) is 23.2 Å². The topological polar surface area (TPSA) is 36.7 Å². The molecule has 1 aromatic heterocycles. The molecule has 0 fully saturated rings. The molecule has 1 aromatic rings. The molecule has 0 unspecified atom stereocenters. The molecule has 0 saturated heterocycles. The number of aromatic nitrogens is 1. The summed E-state index contributed by atoms with van der Waals surface area (Å²) in [4.78, 5) is 3.72. The monoisotopic (exact) mass is 216 g/mol. The van der Waals surface area contributed by atoms with Crippen molar-refractivity contribution in [1.29, 1.82) is 5.26 Å². The van der Waals surface area contributed by atoms with Crippen molar-refractivity contribution in [1.82, 2.24) is 4.98 Å². The molecular formula is C9H7ClF2N2. The molecule has 74 valence electrons. The van der Waals surface area contributed by atoms with Crippen LogP contribution < -0.4 is 0 Å². The van der Waals surface area contributed by atoms with Gasteiger partial charge in [0.25, 0.3) is 6.43 Å². The highest BCUT2D eigenvalue weighted by molar-refractivity contribution is 6.32. The average molecular weight is 217 g/mol. The Hall–Kier alpha value is -1.21. The summed E-state index contributed by atoms with van der Waals surface area (Å²) in [6, 6.07) is 1.87. The normalized spacial score (nSPS) is 10.3. The molecule has 1 rings (SSSR count). The summed E-state index contributed by atoms with van der Waals surface area (Å²) in [6.45, 7) is 1.49. The summed E-state index contributed by atoms with van der Waals surface area (Å²) in [7, 11) is 0. The summed E-state index contributed by atoms with van der Waals surface area (Å²) in [5, 5.41) is 8.57.